The second-order valence-electron chi connectivity index (χ2n) is 4.07. The molecule has 1 aromatic heterocycles. The Bertz CT molecular complexity index is 500. The van der Waals surface area contributed by atoms with Gasteiger partial charge >= 0.3 is 0 Å². The molecule has 2 aromatic rings. The summed E-state index contributed by atoms with van der Waals surface area (Å²) in [5.74, 6) is -0.207. The van der Waals surface area contributed by atoms with Crippen LogP contribution in [0.5, 0.6) is 0 Å². The lowest BCUT2D eigenvalue weighted by Gasteiger charge is -2.06. The third kappa shape index (κ3) is 3.11. The topological polar surface area (TPSA) is 37.8 Å². The van der Waals surface area contributed by atoms with Crippen LogP contribution >= 0.6 is 0 Å². The van der Waals surface area contributed by atoms with Gasteiger partial charge in [0.25, 0.3) is 0 Å². The average Bonchev–Trinajstić information content (AvgIpc) is 2.42. The molecule has 1 N–H and O–H groups in total. The zero-order valence-corrected chi connectivity index (χ0v) is 10.4. The molecular formula is C14H16FN3. The Balaban J connectivity index is 2.15. The molecule has 0 saturated heterocycles. The highest BCUT2D eigenvalue weighted by Crippen LogP contribution is 2.19. The van der Waals surface area contributed by atoms with E-state index in [9.17, 15) is 4.39 Å². The summed E-state index contributed by atoms with van der Waals surface area (Å²) < 4.78 is 13.9. The Kier molecular flexibility index (Phi) is 4.36. The van der Waals surface area contributed by atoms with Gasteiger partial charge in [-0.15, -0.1) is 0 Å². The van der Waals surface area contributed by atoms with Gasteiger partial charge in [0.1, 0.15) is 5.82 Å². The molecule has 0 amide bonds. The van der Waals surface area contributed by atoms with Crippen molar-refractivity contribution in [3.8, 4) is 11.3 Å². The molecule has 3 nitrogen and oxygen atoms in total. The summed E-state index contributed by atoms with van der Waals surface area (Å²) >= 11 is 0. The highest BCUT2D eigenvalue weighted by molar-refractivity contribution is 5.58. The molecule has 0 fully saturated rings. The third-order valence-corrected chi connectivity index (χ3v) is 2.65. The second kappa shape index (κ2) is 6.21. The van der Waals surface area contributed by atoms with E-state index < -0.39 is 0 Å². The van der Waals surface area contributed by atoms with E-state index >= 15 is 0 Å². The molecule has 94 valence electrons. The number of benzene rings is 1. The van der Waals surface area contributed by atoms with Gasteiger partial charge in [-0.2, -0.15) is 0 Å². The van der Waals surface area contributed by atoms with Crippen LogP contribution in [0.2, 0.25) is 0 Å². The molecular weight excluding hydrogens is 229 g/mol. The Labute approximate surface area is 106 Å². The predicted molar refractivity (Wildman–Crippen MR) is 69.4 cm³/mol. The van der Waals surface area contributed by atoms with E-state index in [1.807, 2.05) is 6.07 Å². The number of halogens is 1. The lowest BCUT2D eigenvalue weighted by molar-refractivity contribution is 0.587. The largest absolute Gasteiger partial charge is 0.313 e. The van der Waals surface area contributed by atoms with Gasteiger partial charge in [0.2, 0.25) is 0 Å². The molecule has 0 spiro atoms. The first-order chi connectivity index (χ1) is 8.81. The summed E-state index contributed by atoms with van der Waals surface area (Å²) in [4.78, 5) is 8.13. The fourth-order valence-electron chi connectivity index (χ4n) is 1.70. The summed E-state index contributed by atoms with van der Waals surface area (Å²) in [6.07, 6.45) is 5.87. The van der Waals surface area contributed by atoms with Gasteiger partial charge < -0.3 is 5.32 Å². The van der Waals surface area contributed by atoms with Crippen molar-refractivity contribution in [1.29, 1.82) is 0 Å². The minimum atomic E-state index is -0.207. The van der Waals surface area contributed by atoms with Crippen LogP contribution in [0, 0.1) is 5.82 Å². The Hall–Kier alpha value is -1.81. The molecule has 1 heterocycles. The molecule has 0 unspecified atom stereocenters. The zero-order valence-electron chi connectivity index (χ0n) is 10.4. The van der Waals surface area contributed by atoms with Gasteiger partial charge in [0, 0.05) is 30.1 Å². The van der Waals surface area contributed by atoms with Crippen molar-refractivity contribution in [1.82, 2.24) is 15.3 Å². The van der Waals surface area contributed by atoms with E-state index in [1.165, 1.54) is 6.07 Å². The molecule has 0 bridgehead atoms. The van der Waals surface area contributed by atoms with Gasteiger partial charge in [-0.1, -0.05) is 19.1 Å². The first-order valence-electron chi connectivity index (χ1n) is 6.06. The Morgan fingerprint density at radius 1 is 1.28 bits per heavy atom. The van der Waals surface area contributed by atoms with Crippen molar-refractivity contribution < 1.29 is 4.39 Å². The lowest BCUT2D eigenvalue weighted by atomic mass is 10.1. The third-order valence-electron chi connectivity index (χ3n) is 2.65. The van der Waals surface area contributed by atoms with Crippen molar-refractivity contribution in [2.45, 2.75) is 19.9 Å². The van der Waals surface area contributed by atoms with Gasteiger partial charge in [-0.05, 0) is 19.0 Å². The fourth-order valence-corrected chi connectivity index (χ4v) is 1.70. The van der Waals surface area contributed by atoms with Crippen LogP contribution in [-0.4, -0.2) is 16.5 Å². The summed E-state index contributed by atoms with van der Waals surface area (Å²) in [7, 11) is 0. The molecule has 18 heavy (non-hydrogen) atoms. The van der Waals surface area contributed by atoms with Crippen molar-refractivity contribution >= 4 is 0 Å². The van der Waals surface area contributed by atoms with E-state index in [0.29, 0.717) is 17.8 Å². The van der Waals surface area contributed by atoms with Crippen LogP contribution in [0.25, 0.3) is 11.3 Å². The van der Waals surface area contributed by atoms with Crippen LogP contribution in [0.15, 0.2) is 36.8 Å². The van der Waals surface area contributed by atoms with Gasteiger partial charge in [-0.25, -0.2) is 4.39 Å². The van der Waals surface area contributed by atoms with Crippen molar-refractivity contribution in [2.75, 3.05) is 6.54 Å². The van der Waals surface area contributed by atoms with Crippen molar-refractivity contribution in [3.63, 3.8) is 0 Å². The van der Waals surface area contributed by atoms with E-state index in [-0.39, 0.29) is 5.82 Å². The SMILES string of the molecule is CCCNCc1ccc(-c2cnccn2)cc1F. The highest BCUT2D eigenvalue weighted by Gasteiger charge is 2.05. The van der Waals surface area contributed by atoms with Crippen LogP contribution in [0.3, 0.4) is 0 Å². The minimum absolute atomic E-state index is 0.207. The number of nitrogens with zero attached hydrogens (tertiary/aromatic N) is 2. The number of nitrogens with one attached hydrogen (secondary N) is 1. The van der Waals surface area contributed by atoms with Crippen molar-refractivity contribution in [3.05, 3.63) is 48.2 Å². The fraction of sp³-hybridized carbons (Fsp3) is 0.286. The molecule has 4 heteroatoms. The molecule has 0 aliphatic carbocycles. The van der Waals surface area contributed by atoms with Gasteiger partial charge in [0.15, 0.2) is 0 Å². The van der Waals surface area contributed by atoms with Gasteiger partial charge in [0.05, 0.1) is 11.9 Å². The summed E-state index contributed by atoms with van der Waals surface area (Å²) in [5.41, 5.74) is 2.11. The normalized spacial score (nSPS) is 10.6. The van der Waals surface area contributed by atoms with Gasteiger partial charge in [-0.3, -0.25) is 9.97 Å². The Morgan fingerprint density at radius 3 is 2.83 bits per heavy atom. The zero-order chi connectivity index (χ0) is 12.8. The second-order valence-corrected chi connectivity index (χ2v) is 4.07. The van der Waals surface area contributed by atoms with E-state index in [4.69, 9.17) is 0 Å². The number of aromatic nitrogens is 2. The summed E-state index contributed by atoms with van der Waals surface area (Å²) in [6.45, 7) is 3.53. The smallest absolute Gasteiger partial charge is 0.128 e. The monoisotopic (exact) mass is 245 g/mol. The summed E-state index contributed by atoms with van der Waals surface area (Å²) in [5, 5.41) is 3.18. The van der Waals surface area contributed by atoms with Crippen LogP contribution < -0.4 is 5.32 Å². The maximum Gasteiger partial charge on any atom is 0.128 e. The molecule has 0 atom stereocenters. The van der Waals surface area contributed by atoms with Crippen LogP contribution in [0.1, 0.15) is 18.9 Å². The molecule has 0 aliphatic heterocycles. The van der Waals surface area contributed by atoms with E-state index in [1.54, 1.807) is 24.7 Å². The van der Waals surface area contributed by atoms with Crippen LogP contribution in [-0.2, 0) is 6.54 Å². The van der Waals surface area contributed by atoms with Crippen LogP contribution in [0.4, 0.5) is 4.39 Å². The maximum absolute atomic E-state index is 13.9. The molecule has 0 radical (unpaired) electrons. The quantitative estimate of drug-likeness (QED) is 0.823. The van der Waals surface area contributed by atoms with E-state index in [2.05, 4.69) is 22.2 Å². The predicted octanol–water partition coefficient (Wildman–Crippen LogP) is 2.78. The highest BCUT2D eigenvalue weighted by atomic mass is 19.1. The summed E-state index contributed by atoms with van der Waals surface area (Å²) in [6, 6.07) is 5.17. The maximum atomic E-state index is 13.9. The number of hydrogen-bond donors (Lipinski definition) is 1. The molecule has 2 rings (SSSR count). The Morgan fingerprint density at radius 2 is 2.17 bits per heavy atom. The average molecular weight is 245 g/mol. The molecule has 0 saturated carbocycles. The lowest BCUT2D eigenvalue weighted by Crippen LogP contribution is -2.14. The van der Waals surface area contributed by atoms with E-state index in [0.717, 1.165) is 18.5 Å². The van der Waals surface area contributed by atoms with Crippen molar-refractivity contribution in [2.24, 2.45) is 0 Å². The number of hydrogen-bond acceptors (Lipinski definition) is 3. The molecule has 0 aliphatic rings. The molecule has 1 aromatic carbocycles. The number of rotatable bonds is 5. The first-order valence-corrected chi connectivity index (χ1v) is 6.06. The standard InChI is InChI=1S/C14H16FN3/c1-2-5-16-9-12-4-3-11(8-13(12)15)14-10-17-6-7-18-14/h3-4,6-8,10,16H,2,5,9H2,1H3. The minimum Gasteiger partial charge on any atom is -0.313 e. The first kappa shape index (κ1) is 12.6.